The molecule has 0 aliphatic heterocycles. The monoisotopic (exact) mass is 156 g/mol. The van der Waals surface area contributed by atoms with Gasteiger partial charge in [0, 0.05) is 0 Å². The van der Waals surface area contributed by atoms with Gasteiger partial charge in [0.2, 0.25) is 0 Å². The molecular formula is C9H16O2. The molecule has 0 aromatic heterocycles. The van der Waals surface area contributed by atoms with Gasteiger partial charge in [-0.2, -0.15) is 0 Å². The average molecular weight is 156 g/mol. The van der Waals surface area contributed by atoms with Gasteiger partial charge in [0.05, 0.1) is 12.2 Å². The van der Waals surface area contributed by atoms with E-state index >= 15 is 0 Å². The van der Waals surface area contributed by atoms with Crippen LogP contribution in [-0.2, 0) is 0 Å². The lowest BCUT2D eigenvalue weighted by Gasteiger charge is -2.21. The molecule has 2 atom stereocenters. The Morgan fingerprint density at radius 1 is 0.909 bits per heavy atom. The summed E-state index contributed by atoms with van der Waals surface area (Å²) >= 11 is 0. The normalized spacial score (nSPS) is 50.7. The van der Waals surface area contributed by atoms with Gasteiger partial charge < -0.3 is 10.2 Å². The SMILES string of the molecule is OC1CCC2(CCC(O)C2)C1. The molecule has 2 heteroatoms. The molecule has 2 nitrogen and oxygen atoms in total. The second-order valence-corrected chi connectivity index (χ2v) is 4.29. The van der Waals surface area contributed by atoms with E-state index in [2.05, 4.69) is 0 Å². The summed E-state index contributed by atoms with van der Waals surface area (Å²) in [5, 5.41) is 18.7. The Hall–Kier alpha value is -0.0800. The van der Waals surface area contributed by atoms with Gasteiger partial charge in [-0.1, -0.05) is 0 Å². The Morgan fingerprint density at radius 2 is 1.36 bits per heavy atom. The molecule has 0 aromatic rings. The highest BCUT2D eigenvalue weighted by atomic mass is 16.3. The zero-order valence-electron chi connectivity index (χ0n) is 6.79. The summed E-state index contributed by atoms with van der Waals surface area (Å²) in [5.74, 6) is 0. The third kappa shape index (κ3) is 1.30. The van der Waals surface area contributed by atoms with Crippen LogP contribution in [0.2, 0.25) is 0 Å². The van der Waals surface area contributed by atoms with Crippen LogP contribution in [-0.4, -0.2) is 22.4 Å². The van der Waals surface area contributed by atoms with Gasteiger partial charge in [-0.3, -0.25) is 0 Å². The number of hydrogen-bond donors (Lipinski definition) is 2. The maximum atomic E-state index is 9.36. The van der Waals surface area contributed by atoms with E-state index in [1.165, 1.54) is 0 Å². The summed E-state index contributed by atoms with van der Waals surface area (Å²) in [6.45, 7) is 0. The minimum atomic E-state index is -0.0831. The first-order valence-corrected chi connectivity index (χ1v) is 4.56. The van der Waals surface area contributed by atoms with E-state index in [1.54, 1.807) is 0 Å². The van der Waals surface area contributed by atoms with Crippen molar-refractivity contribution < 1.29 is 10.2 Å². The first-order valence-electron chi connectivity index (χ1n) is 4.56. The van der Waals surface area contributed by atoms with Crippen LogP contribution in [0, 0.1) is 5.41 Å². The molecule has 2 rings (SSSR count). The Labute approximate surface area is 67.2 Å². The lowest BCUT2D eigenvalue weighted by atomic mass is 9.84. The molecule has 0 radical (unpaired) electrons. The molecule has 2 fully saturated rings. The molecule has 2 aliphatic rings. The first kappa shape index (κ1) is 7.56. The Morgan fingerprint density at radius 3 is 1.64 bits per heavy atom. The van der Waals surface area contributed by atoms with E-state index in [-0.39, 0.29) is 12.2 Å². The topological polar surface area (TPSA) is 40.5 Å². The molecule has 0 saturated heterocycles. The molecular weight excluding hydrogens is 140 g/mol. The first-order chi connectivity index (χ1) is 5.20. The minimum absolute atomic E-state index is 0.0831. The fourth-order valence-corrected chi connectivity index (χ4v) is 2.77. The maximum Gasteiger partial charge on any atom is 0.0545 e. The largest absolute Gasteiger partial charge is 0.393 e. The highest BCUT2D eigenvalue weighted by Crippen LogP contribution is 2.50. The van der Waals surface area contributed by atoms with E-state index in [9.17, 15) is 10.2 Å². The van der Waals surface area contributed by atoms with Crippen LogP contribution in [0.15, 0.2) is 0 Å². The molecule has 64 valence electrons. The van der Waals surface area contributed by atoms with E-state index in [1.807, 2.05) is 0 Å². The van der Waals surface area contributed by atoms with Crippen molar-refractivity contribution in [3.8, 4) is 0 Å². The highest BCUT2D eigenvalue weighted by Gasteiger charge is 2.43. The molecule has 0 bridgehead atoms. The van der Waals surface area contributed by atoms with Crippen molar-refractivity contribution >= 4 is 0 Å². The molecule has 0 amide bonds. The number of rotatable bonds is 0. The Kier molecular flexibility index (Phi) is 1.69. The molecule has 11 heavy (non-hydrogen) atoms. The van der Waals surface area contributed by atoms with Crippen LogP contribution in [0.4, 0.5) is 0 Å². The summed E-state index contributed by atoms with van der Waals surface area (Å²) in [7, 11) is 0. The van der Waals surface area contributed by atoms with Gasteiger partial charge in [0.15, 0.2) is 0 Å². The van der Waals surface area contributed by atoms with E-state index in [0.717, 1.165) is 38.5 Å². The maximum absolute atomic E-state index is 9.36. The number of aliphatic hydroxyl groups is 2. The predicted molar refractivity (Wildman–Crippen MR) is 42.1 cm³/mol. The van der Waals surface area contributed by atoms with Crippen molar-refractivity contribution in [2.24, 2.45) is 5.41 Å². The fourth-order valence-electron chi connectivity index (χ4n) is 2.77. The van der Waals surface area contributed by atoms with Gasteiger partial charge in [0.1, 0.15) is 0 Å². The summed E-state index contributed by atoms with van der Waals surface area (Å²) in [4.78, 5) is 0. The van der Waals surface area contributed by atoms with Crippen LogP contribution in [0.3, 0.4) is 0 Å². The summed E-state index contributed by atoms with van der Waals surface area (Å²) in [6.07, 6.45) is 5.87. The van der Waals surface area contributed by atoms with E-state index in [4.69, 9.17) is 0 Å². The molecule has 0 heterocycles. The van der Waals surface area contributed by atoms with Crippen molar-refractivity contribution in [1.29, 1.82) is 0 Å². The average Bonchev–Trinajstić information content (AvgIpc) is 2.44. The third-order valence-electron chi connectivity index (χ3n) is 3.35. The van der Waals surface area contributed by atoms with E-state index in [0.29, 0.717) is 5.41 Å². The van der Waals surface area contributed by atoms with E-state index < -0.39 is 0 Å². The lowest BCUT2D eigenvalue weighted by molar-refractivity contribution is 0.139. The quantitative estimate of drug-likeness (QED) is 0.550. The smallest absolute Gasteiger partial charge is 0.0545 e. The van der Waals surface area contributed by atoms with Crippen molar-refractivity contribution in [2.75, 3.05) is 0 Å². The zero-order valence-corrected chi connectivity index (χ0v) is 6.79. The molecule has 0 aromatic carbocycles. The summed E-state index contributed by atoms with van der Waals surface area (Å²) < 4.78 is 0. The molecule has 2 aliphatic carbocycles. The molecule has 2 saturated carbocycles. The van der Waals surface area contributed by atoms with Gasteiger partial charge in [-0.05, 0) is 43.9 Å². The molecule has 2 unspecified atom stereocenters. The molecule has 1 spiro atoms. The standard InChI is InChI=1S/C9H16O2/c10-7-1-3-9(5-7)4-2-8(11)6-9/h7-8,10-11H,1-6H2. The van der Waals surface area contributed by atoms with Crippen LogP contribution in [0.1, 0.15) is 38.5 Å². The molecule has 2 N–H and O–H groups in total. The van der Waals surface area contributed by atoms with Crippen molar-refractivity contribution in [1.82, 2.24) is 0 Å². The Bertz CT molecular complexity index is 138. The van der Waals surface area contributed by atoms with Gasteiger partial charge >= 0.3 is 0 Å². The highest BCUT2D eigenvalue weighted by molar-refractivity contribution is 4.95. The van der Waals surface area contributed by atoms with Gasteiger partial charge in [-0.15, -0.1) is 0 Å². The van der Waals surface area contributed by atoms with Crippen molar-refractivity contribution in [3.05, 3.63) is 0 Å². The van der Waals surface area contributed by atoms with Crippen LogP contribution >= 0.6 is 0 Å². The summed E-state index contributed by atoms with van der Waals surface area (Å²) in [6, 6.07) is 0. The zero-order chi connectivity index (χ0) is 7.90. The van der Waals surface area contributed by atoms with Crippen molar-refractivity contribution in [2.45, 2.75) is 50.7 Å². The number of aliphatic hydroxyl groups excluding tert-OH is 2. The second-order valence-electron chi connectivity index (χ2n) is 4.29. The lowest BCUT2D eigenvalue weighted by Crippen LogP contribution is -2.14. The van der Waals surface area contributed by atoms with Gasteiger partial charge in [0.25, 0.3) is 0 Å². The minimum Gasteiger partial charge on any atom is -0.393 e. The third-order valence-corrected chi connectivity index (χ3v) is 3.35. The van der Waals surface area contributed by atoms with Crippen molar-refractivity contribution in [3.63, 3.8) is 0 Å². The Balaban J connectivity index is 2.02. The fraction of sp³-hybridized carbons (Fsp3) is 1.00. The number of hydrogen-bond acceptors (Lipinski definition) is 2. The summed E-state index contributed by atoms with van der Waals surface area (Å²) in [5.41, 5.74) is 0.332. The van der Waals surface area contributed by atoms with Crippen LogP contribution < -0.4 is 0 Å². The predicted octanol–water partition coefficient (Wildman–Crippen LogP) is 1.06. The van der Waals surface area contributed by atoms with Gasteiger partial charge in [-0.25, -0.2) is 0 Å². The van der Waals surface area contributed by atoms with Crippen LogP contribution in [0.25, 0.3) is 0 Å². The van der Waals surface area contributed by atoms with Crippen LogP contribution in [0.5, 0.6) is 0 Å². The second kappa shape index (κ2) is 2.46.